The molecule has 2 atom stereocenters. The van der Waals surface area contributed by atoms with Gasteiger partial charge in [-0.25, -0.2) is 0 Å². The smallest absolute Gasteiger partial charge is 0.0726 e. The Kier molecular flexibility index (Phi) is 2.84. The van der Waals surface area contributed by atoms with Gasteiger partial charge in [0.25, 0.3) is 0 Å². The lowest BCUT2D eigenvalue weighted by Crippen LogP contribution is -2.35. The molecule has 3 heterocycles. The maximum Gasteiger partial charge on any atom is 0.0726 e. The average molecular weight is 218 g/mol. The molecule has 2 bridgehead atoms. The second-order valence-corrected chi connectivity index (χ2v) is 4.86. The topological polar surface area (TPSA) is 41.1 Å². The summed E-state index contributed by atoms with van der Waals surface area (Å²) in [6, 6.07) is 1.46. The number of rotatable bonds is 2. The molecule has 2 aliphatic heterocycles. The van der Waals surface area contributed by atoms with E-state index in [1.807, 2.05) is 6.20 Å². The van der Waals surface area contributed by atoms with Crippen molar-refractivity contribution >= 4 is 0 Å². The van der Waals surface area contributed by atoms with Crippen molar-refractivity contribution in [2.75, 3.05) is 13.1 Å². The molecule has 4 nitrogen and oxygen atoms in total. The van der Waals surface area contributed by atoms with Crippen molar-refractivity contribution in [3.63, 3.8) is 0 Å². The van der Waals surface area contributed by atoms with E-state index in [2.05, 4.69) is 20.2 Å². The first kappa shape index (κ1) is 10.2. The highest BCUT2D eigenvalue weighted by molar-refractivity contribution is 4.97. The van der Waals surface area contributed by atoms with Gasteiger partial charge in [-0.15, -0.1) is 0 Å². The van der Waals surface area contributed by atoms with Crippen LogP contribution in [-0.2, 0) is 6.54 Å². The lowest BCUT2D eigenvalue weighted by molar-refractivity contribution is 0.248. The number of hydrogen-bond acceptors (Lipinski definition) is 4. The fourth-order valence-corrected chi connectivity index (χ4v) is 2.80. The van der Waals surface area contributed by atoms with Crippen molar-refractivity contribution in [3.05, 3.63) is 24.3 Å². The third-order valence-corrected chi connectivity index (χ3v) is 3.61. The van der Waals surface area contributed by atoms with Crippen LogP contribution >= 0.6 is 0 Å². The van der Waals surface area contributed by atoms with Crippen LogP contribution in [0.2, 0.25) is 0 Å². The molecule has 0 aromatic carbocycles. The average Bonchev–Trinajstić information content (AvgIpc) is 2.64. The second kappa shape index (κ2) is 4.47. The summed E-state index contributed by atoms with van der Waals surface area (Å²) in [5.41, 5.74) is 1.08. The Labute approximate surface area is 96.1 Å². The normalized spacial score (nSPS) is 30.2. The van der Waals surface area contributed by atoms with Crippen LogP contribution in [0.1, 0.15) is 25.0 Å². The van der Waals surface area contributed by atoms with Crippen molar-refractivity contribution < 1.29 is 0 Å². The van der Waals surface area contributed by atoms with Crippen molar-refractivity contribution in [1.29, 1.82) is 0 Å². The summed E-state index contributed by atoms with van der Waals surface area (Å²) in [7, 11) is 0. The Morgan fingerprint density at radius 1 is 1.25 bits per heavy atom. The molecule has 2 saturated heterocycles. The summed E-state index contributed by atoms with van der Waals surface area (Å²) in [4.78, 5) is 11.0. The van der Waals surface area contributed by atoms with E-state index in [0.29, 0.717) is 6.04 Å². The van der Waals surface area contributed by atoms with Crippen LogP contribution < -0.4 is 5.32 Å². The van der Waals surface area contributed by atoms with Gasteiger partial charge < -0.3 is 5.32 Å². The molecule has 4 heteroatoms. The highest BCUT2D eigenvalue weighted by Crippen LogP contribution is 2.20. The van der Waals surface area contributed by atoms with Crippen LogP contribution in [0.15, 0.2) is 18.6 Å². The molecule has 0 saturated carbocycles. The summed E-state index contributed by atoms with van der Waals surface area (Å²) in [5, 5.41) is 3.69. The summed E-state index contributed by atoms with van der Waals surface area (Å²) >= 11 is 0. The van der Waals surface area contributed by atoms with E-state index in [0.717, 1.165) is 24.8 Å². The van der Waals surface area contributed by atoms with E-state index in [1.54, 1.807) is 12.4 Å². The Bertz CT molecular complexity index is 340. The van der Waals surface area contributed by atoms with Crippen LogP contribution in [0.3, 0.4) is 0 Å². The minimum Gasteiger partial charge on any atom is -0.310 e. The molecule has 2 aliphatic rings. The fourth-order valence-electron chi connectivity index (χ4n) is 2.80. The van der Waals surface area contributed by atoms with Gasteiger partial charge in [0.05, 0.1) is 5.69 Å². The van der Waals surface area contributed by atoms with Crippen LogP contribution in [0, 0.1) is 0 Å². The SMILES string of the molecule is c1cnc(CN2CCC3CCC(C2)N3)cn1. The van der Waals surface area contributed by atoms with Gasteiger partial charge in [0.2, 0.25) is 0 Å². The van der Waals surface area contributed by atoms with Crippen molar-refractivity contribution in [1.82, 2.24) is 20.2 Å². The third-order valence-electron chi connectivity index (χ3n) is 3.61. The minimum absolute atomic E-state index is 0.698. The molecule has 0 spiro atoms. The highest BCUT2D eigenvalue weighted by Gasteiger charge is 2.29. The number of fused-ring (bicyclic) bond motifs is 2. The zero-order valence-electron chi connectivity index (χ0n) is 9.47. The molecule has 3 rings (SSSR count). The number of hydrogen-bond donors (Lipinski definition) is 1. The van der Waals surface area contributed by atoms with E-state index in [1.165, 1.54) is 25.8 Å². The first-order chi connectivity index (χ1) is 7.90. The molecule has 1 N–H and O–H groups in total. The van der Waals surface area contributed by atoms with Gasteiger partial charge in [0.1, 0.15) is 0 Å². The van der Waals surface area contributed by atoms with Crippen molar-refractivity contribution in [2.24, 2.45) is 0 Å². The second-order valence-electron chi connectivity index (χ2n) is 4.86. The van der Waals surface area contributed by atoms with Crippen LogP contribution in [0.4, 0.5) is 0 Å². The quantitative estimate of drug-likeness (QED) is 0.797. The zero-order valence-corrected chi connectivity index (χ0v) is 9.47. The molecule has 86 valence electrons. The van der Waals surface area contributed by atoms with E-state index in [4.69, 9.17) is 0 Å². The zero-order chi connectivity index (χ0) is 10.8. The maximum absolute atomic E-state index is 4.34. The lowest BCUT2D eigenvalue weighted by atomic mass is 10.1. The van der Waals surface area contributed by atoms with E-state index in [-0.39, 0.29) is 0 Å². The van der Waals surface area contributed by atoms with E-state index in [9.17, 15) is 0 Å². The molecular weight excluding hydrogens is 200 g/mol. The van der Waals surface area contributed by atoms with Gasteiger partial charge >= 0.3 is 0 Å². The number of aromatic nitrogens is 2. The standard InChI is InChI=1S/C12H18N4/c1-2-11-8-16(6-3-10(1)15-11)9-12-7-13-4-5-14-12/h4-5,7,10-11,15H,1-3,6,8-9H2. The molecule has 0 radical (unpaired) electrons. The first-order valence-corrected chi connectivity index (χ1v) is 6.13. The van der Waals surface area contributed by atoms with Crippen molar-refractivity contribution in [2.45, 2.75) is 37.9 Å². The van der Waals surface area contributed by atoms with Gasteiger partial charge in [-0.1, -0.05) is 0 Å². The molecule has 0 aliphatic carbocycles. The summed E-state index contributed by atoms with van der Waals surface area (Å²) in [5.74, 6) is 0. The van der Waals surface area contributed by atoms with E-state index >= 15 is 0 Å². The summed E-state index contributed by atoms with van der Waals surface area (Å²) in [6.07, 6.45) is 9.35. The van der Waals surface area contributed by atoms with Gasteiger partial charge in [0, 0.05) is 50.3 Å². The maximum atomic E-state index is 4.34. The van der Waals surface area contributed by atoms with Crippen molar-refractivity contribution in [3.8, 4) is 0 Å². The monoisotopic (exact) mass is 218 g/mol. The minimum atomic E-state index is 0.698. The van der Waals surface area contributed by atoms with Crippen LogP contribution in [0.5, 0.6) is 0 Å². The Morgan fingerprint density at radius 3 is 3.06 bits per heavy atom. The number of nitrogens with one attached hydrogen (secondary N) is 1. The molecule has 2 unspecified atom stereocenters. The Hall–Kier alpha value is -1.00. The van der Waals surface area contributed by atoms with Gasteiger partial charge in [-0.3, -0.25) is 14.9 Å². The predicted molar refractivity (Wildman–Crippen MR) is 61.9 cm³/mol. The Morgan fingerprint density at radius 2 is 2.19 bits per heavy atom. The summed E-state index contributed by atoms with van der Waals surface area (Å²) in [6.45, 7) is 3.29. The lowest BCUT2D eigenvalue weighted by Gasteiger charge is -2.23. The van der Waals surface area contributed by atoms with Crippen LogP contribution in [-0.4, -0.2) is 40.0 Å². The number of nitrogens with zero attached hydrogens (tertiary/aromatic N) is 3. The largest absolute Gasteiger partial charge is 0.310 e. The van der Waals surface area contributed by atoms with Gasteiger partial charge in [0.15, 0.2) is 0 Å². The molecule has 2 fully saturated rings. The van der Waals surface area contributed by atoms with Gasteiger partial charge in [-0.2, -0.15) is 0 Å². The predicted octanol–water partition coefficient (Wildman–Crippen LogP) is 0.803. The highest BCUT2D eigenvalue weighted by atomic mass is 15.2. The number of likely N-dealkylation sites (tertiary alicyclic amines) is 1. The molecule has 0 amide bonds. The Balaban J connectivity index is 1.63. The van der Waals surface area contributed by atoms with E-state index < -0.39 is 0 Å². The molecule has 1 aromatic rings. The van der Waals surface area contributed by atoms with Gasteiger partial charge in [-0.05, 0) is 19.3 Å². The molecule has 1 aromatic heterocycles. The fraction of sp³-hybridized carbons (Fsp3) is 0.667. The first-order valence-electron chi connectivity index (χ1n) is 6.13. The third kappa shape index (κ3) is 2.23. The summed E-state index contributed by atoms with van der Waals surface area (Å²) < 4.78 is 0. The molecule has 16 heavy (non-hydrogen) atoms. The molecular formula is C12H18N4. The van der Waals surface area contributed by atoms with Crippen LogP contribution in [0.25, 0.3) is 0 Å².